The van der Waals surface area contributed by atoms with E-state index in [-0.39, 0.29) is 17.7 Å². The second-order valence-electron chi connectivity index (χ2n) is 10.8. The van der Waals surface area contributed by atoms with E-state index < -0.39 is 5.67 Å². The molecule has 0 aliphatic carbocycles. The minimum absolute atomic E-state index is 0.0700. The van der Waals surface area contributed by atoms with Crippen molar-refractivity contribution in [1.29, 1.82) is 0 Å². The quantitative estimate of drug-likeness (QED) is 0.584. The molecule has 7 heteroatoms. The van der Waals surface area contributed by atoms with Gasteiger partial charge in [-0.1, -0.05) is 30.3 Å². The van der Waals surface area contributed by atoms with E-state index in [1.165, 1.54) is 0 Å². The number of piperidine rings is 2. The molecule has 2 aliphatic heterocycles. The molecule has 4 rings (SSSR count). The van der Waals surface area contributed by atoms with Gasteiger partial charge in [-0.15, -0.1) is 0 Å². The third-order valence-corrected chi connectivity index (χ3v) is 7.23. The molecule has 0 aromatic heterocycles. The van der Waals surface area contributed by atoms with Crippen molar-refractivity contribution in [3.05, 3.63) is 54.1 Å². The molecule has 2 aliphatic rings. The van der Waals surface area contributed by atoms with Gasteiger partial charge in [0, 0.05) is 25.2 Å². The molecule has 2 N–H and O–H groups in total. The van der Waals surface area contributed by atoms with Crippen molar-refractivity contribution in [2.45, 2.75) is 45.2 Å². The van der Waals surface area contributed by atoms with Crippen LogP contribution in [0.1, 0.15) is 49.9 Å². The van der Waals surface area contributed by atoms with Crippen molar-refractivity contribution >= 4 is 11.8 Å². The molecule has 2 fully saturated rings. The Kier molecular flexibility index (Phi) is 8.29. The summed E-state index contributed by atoms with van der Waals surface area (Å²) in [4.78, 5) is 28.9. The number of halogens is 1. The summed E-state index contributed by atoms with van der Waals surface area (Å²) in [7, 11) is 0. The Morgan fingerprint density at radius 1 is 1.03 bits per heavy atom. The highest BCUT2D eigenvalue weighted by Crippen LogP contribution is 2.29. The lowest BCUT2D eigenvalue weighted by molar-refractivity contribution is -0.123. The van der Waals surface area contributed by atoms with E-state index in [0.717, 1.165) is 55.6 Å². The first-order valence-corrected chi connectivity index (χ1v) is 13.0. The molecule has 6 nitrogen and oxygen atoms in total. The predicted molar refractivity (Wildman–Crippen MR) is 140 cm³/mol. The average Bonchev–Trinajstić information content (AvgIpc) is 2.87. The smallest absolute Gasteiger partial charge is 0.254 e. The second kappa shape index (κ2) is 11.4. The molecule has 0 saturated carbocycles. The summed E-state index contributed by atoms with van der Waals surface area (Å²) in [5.41, 5.74) is 6.77. The average molecular weight is 496 g/mol. The van der Waals surface area contributed by atoms with Gasteiger partial charge in [-0.25, -0.2) is 4.39 Å². The maximum absolute atomic E-state index is 13.9. The molecule has 2 heterocycles. The van der Waals surface area contributed by atoms with E-state index >= 15 is 0 Å². The highest BCUT2D eigenvalue weighted by molar-refractivity contribution is 6.01. The third-order valence-electron chi connectivity index (χ3n) is 7.23. The number of nitrogens with two attached hydrogens (primary N) is 1. The number of ether oxygens (including phenoxy) is 1. The number of benzene rings is 2. The van der Waals surface area contributed by atoms with E-state index in [2.05, 4.69) is 4.90 Å². The lowest BCUT2D eigenvalue weighted by atomic mass is 9.94. The van der Waals surface area contributed by atoms with Gasteiger partial charge in [0.1, 0.15) is 11.4 Å². The summed E-state index contributed by atoms with van der Waals surface area (Å²) < 4.78 is 20.0. The van der Waals surface area contributed by atoms with E-state index in [1.54, 1.807) is 18.7 Å². The van der Waals surface area contributed by atoms with Crippen LogP contribution >= 0.6 is 0 Å². The number of alkyl halides is 1. The monoisotopic (exact) mass is 495 g/mol. The summed E-state index contributed by atoms with van der Waals surface area (Å²) in [5.74, 6) is 0.574. The van der Waals surface area contributed by atoms with Crippen LogP contribution in [0.4, 0.5) is 4.39 Å². The van der Waals surface area contributed by atoms with E-state index in [1.807, 2.05) is 48.5 Å². The maximum atomic E-state index is 13.9. The highest BCUT2D eigenvalue weighted by atomic mass is 19.1. The van der Waals surface area contributed by atoms with Crippen molar-refractivity contribution < 1.29 is 18.7 Å². The fraction of sp³-hybridized carbons (Fsp3) is 0.517. The SMILES string of the molecule is CC(C)(F)CN1CCC(COc2ccc(-c3ccccc3C(=O)N3CCCC(C(N)=O)C3)cc2)CC1. The van der Waals surface area contributed by atoms with Gasteiger partial charge >= 0.3 is 0 Å². The number of hydrogen-bond donors (Lipinski definition) is 1. The van der Waals surface area contributed by atoms with Crippen molar-refractivity contribution in [2.75, 3.05) is 39.3 Å². The Morgan fingerprint density at radius 2 is 1.72 bits per heavy atom. The van der Waals surface area contributed by atoms with Crippen LogP contribution in [0.25, 0.3) is 11.1 Å². The summed E-state index contributed by atoms with van der Waals surface area (Å²) in [6.07, 6.45) is 3.53. The van der Waals surface area contributed by atoms with Crippen LogP contribution in [0.5, 0.6) is 5.75 Å². The first kappa shape index (κ1) is 26.1. The molecule has 2 amide bonds. The second-order valence-corrected chi connectivity index (χ2v) is 10.8. The normalized spacial score (nSPS) is 19.8. The van der Waals surface area contributed by atoms with Crippen molar-refractivity contribution in [2.24, 2.45) is 17.6 Å². The molecule has 1 atom stereocenters. The minimum Gasteiger partial charge on any atom is -0.493 e. The van der Waals surface area contributed by atoms with Crippen LogP contribution in [-0.4, -0.2) is 66.6 Å². The Hall–Kier alpha value is -2.93. The van der Waals surface area contributed by atoms with Gasteiger partial charge in [-0.2, -0.15) is 0 Å². The van der Waals surface area contributed by atoms with Crippen LogP contribution in [0.15, 0.2) is 48.5 Å². The standard InChI is InChI=1S/C29H38FN3O3/c1-29(2,30)20-32-16-13-21(14-17-32)19-36-24-11-9-22(10-12-24)25-7-3-4-8-26(25)28(35)33-15-5-6-23(18-33)27(31)34/h3-4,7-12,21,23H,5-6,13-20H2,1-2H3,(H2,31,34). The molecule has 2 saturated heterocycles. The van der Waals surface area contributed by atoms with Crippen molar-refractivity contribution in [3.8, 4) is 16.9 Å². The van der Waals surface area contributed by atoms with Crippen molar-refractivity contribution in [1.82, 2.24) is 9.80 Å². The zero-order valence-electron chi connectivity index (χ0n) is 21.4. The Bertz CT molecular complexity index is 1040. The fourth-order valence-corrected chi connectivity index (χ4v) is 5.27. The summed E-state index contributed by atoms with van der Waals surface area (Å²) in [5, 5.41) is 0. The number of amides is 2. The van der Waals surface area contributed by atoms with Gasteiger partial charge in [0.05, 0.1) is 12.5 Å². The molecule has 2 aromatic rings. The third kappa shape index (κ3) is 6.84. The largest absolute Gasteiger partial charge is 0.493 e. The van der Waals surface area contributed by atoms with Crippen LogP contribution in [-0.2, 0) is 4.79 Å². The van der Waals surface area contributed by atoms with Gasteiger partial charge in [0.2, 0.25) is 5.91 Å². The summed E-state index contributed by atoms with van der Waals surface area (Å²) in [6.45, 7) is 7.21. The number of primary amides is 1. The molecule has 36 heavy (non-hydrogen) atoms. The summed E-state index contributed by atoms with van der Waals surface area (Å²) >= 11 is 0. The molecule has 2 aromatic carbocycles. The molecule has 0 bridgehead atoms. The Balaban J connectivity index is 1.35. The maximum Gasteiger partial charge on any atom is 0.254 e. The van der Waals surface area contributed by atoms with Crippen LogP contribution in [0.3, 0.4) is 0 Å². The van der Waals surface area contributed by atoms with Gasteiger partial charge < -0.3 is 20.3 Å². The number of carbonyl (C=O) groups excluding carboxylic acids is 2. The number of likely N-dealkylation sites (tertiary alicyclic amines) is 2. The molecule has 0 radical (unpaired) electrons. The minimum atomic E-state index is -1.16. The van der Waals surface area contributed by atoms with Crippen LogP contribution in [0.2, 0.25) is 0 Å². The summed E-state index contributed by atoms with van der Waals surface area (Å²) in [6, 6.07) is 15.4. The number of rotatable bonds is 8. The van der Waals surface area contributed by atoms with E-state index in [4.69, 9.17) is 10.5 Å². The highest BCUT2D eigenvalue weighted by Gasteiger charge is 2.29. The first-order valence-electron chi connectivity index (χ1n) is 13.0. The number of carbonyl (C=O) groups is 2. The molecule has 194 valence electrons. The molecule has 1 unspecified atom stereocenters. The lowest BCUT2D eigenvalue weighted by Gasteiger charge is -2.34. The van der Waals surface area contributed by atoms with Gasteiger partial charge in [0.25, 0.3) is 5.91 Å². The molecular weight excluding hydrogens is 457 g/mol. The Morgan fingerprint density at radius 3 is 2.39 bits per heavy atom. The topological polar surface area (TPSA) is 75.9 Å². The molecule has 0 spiro atoms. The van der Waals surface area contributed by atoms with Crippen LogP contribution < -0.4 is 10.5 Å². The van der Waals surface area contributed by atoms with Crippen molar-refractivity contribution in [3.63, 3.8) is 0 Å². The zero-order chi connectivity index (χ0) is 25.7. The zero-order valence-corrected chi connectivity index (χ0v) is 21.4. The lowest BCUT2D eigenvalue weighted by Crippen LogP contribution is -2.44. The van der Waals surface area contributed by atoms with Gasteiger partial charge in [-0.3, -0.25) is 9.59 Å². The first-order chi connectivity index (χ1) is 17.2. The van der Waals surface area contributed by atoms with E-state index in [0.29, 0.717) is 37.7 Å². The fourth-order valence-electron chi connectivity index (χ4n) is 5.27. The number of nitrogens with zero attached hydrogens (tertiary/aromatic N) is 2. The van der Waals surface area contributed by atoms with E-state index in [9.17, 15) is 14.0 Å². The Labute approximate surface area is 213 Å². The van der Waals surface area contributed by atoms with Gasteiger partial charge in [-0.05, 0) is 87.9 Å². The van der Waals surface area contributed by atoms with Crippen LogP contribution in [0, 0.1) is 11.8 Å². The number of hydrogen-bond acceptors (Lipinski definition) is 4. The van der Waals surface area contributed by atoms with Gasteiger partial charge in [0.15, 0.2) is 0 Å². The molecular formula is C29H38FN3O3. The predicted octanol–water partition coefficient (Wildman–Crippen LogP) is 4.53.